The highest BCUT2D eigenvalue weighted by atomic mass is 16.7. The Morgan fingerprint density at radius 2 is 1.79 bits per heavy atom. The van der Waals surface area contributed by atoms with Crippen molar-refractivity contribution in [1.82, 2.24) is 10.4 Å². The highest BCUT2D eigenvalue weighted by Crippen LogP contribution is 2.12. The van der Waals surface area contributed by atoms with Gasteiger partial charge in [-0.25, -0.2) is 4.79 Å². The van der Waals surface area contributed by atoms with Crippen LogP contribution in [0.4, 0.5) is 0 Å². The average Bonchev–Trinajstić information content (AvgIpc) is 2.65. The van der Waals surface area contributed by atoms with Gasteiger partial charge >= 0.3 is 5.97 Å². The Morgan fingerprint density at radius 1 is 1.21 bits per heavy atom. The van der Waals surface area contributed by atoms with Gasteiger partial charge in [0.1, 0.15) is 0 Å². The minimum atomic E-state index is -0.761. The Bertz CT molecular complexity index is 376. The number of nitrogens with zero attached hydrogens (tertiary/aromatic N) is 1. The molecule has 0 saturated carbocycles. The molecular weight excluding hydrogens is 252 g/mol. The number of hydroxylamine groups is 2. The number of amides is 3. The molecule has 1 saturated heterocycles. The summed E-state index contributed by atoms with van der Waals surface area (Å²) in [5.41, 5.74) is 0. The van der Waals surface area contributed by atoms with Crippen molar-refractivity contribution >= 4 is 23.7 Å². The average molecular weight is 270 g/mol. The summed E-state index contributed by atoms with van der Waals surface area (Å²) in [4.78, 5) is 49.7. The summed E-state index contributed by atoms with van der Waals surface area (Å²) in [5.74, 6) is -1.74. The fourth-order valence-electron chi connectivity index (χ4n) is 1.43. The van der Waals surface area contributed by atoms with Crippen LogP contribution in [0, 0.1) is 5.92 Å². The molecule has 1 aliphatic rings. The molecule has 1 aliphatic heterocycles. The standard InChI is InChI=1S/C12H18N2O5/c1-8(2)7-13-9(15)3-6-12(18)19-14-10(16)4-5-11(14)17/h8H,3-7H2,1-2H3,(H,13,15). The quantitative estimate of drug-likeness (QED) is 0.693. The molecule has 0 atom stereocenters. The molecule has 0 aromatic carbocycles. The van der Waals surface area contributed by atoms with Crippen LogP contribution in [0.3, 0.4) is 0 Å². The first kappa shape index (κ1) is 15.1. The number of nitrogens with one attached hydrogen (secondary N) is 1. The van der Waals surface area contributed by atoms with E-state index in [1.165, 1.54) is 0 Å². The summed E-state index contributed by atoms with van der Waals surface area (Å²) in [6.45, 7) is 4.45. The summed E-state index contributed by atoms with van der Waals surface area (Å²) in [5, 5.41) is 3.13. The second-order valence-electron chi connectivity index (χ2n) is 4.74. The molecule has 0 bridgehead atoms. The van der Waals surface area contributed by atoms with E-state index >= 15 is 0 Å². The maximum atomic E-state index is 11.4. The molecule has 3 amide bonds. The van der Waals surface area contributed by atoms with Crippen LogP contribution in [0.25, 0.3) is 0 Å². The van der Waals surface area contributed by atoms with Crippen LogP contribution in [0.15, 0.2) is 0 Å². The third-order valence-corrected chi connectivity index (χ3v) is 2.46. The van der Waals surface area contributed by atoms with Crippen LogP contribution in [0.1, 0.15) is 39.5 Å². The van der Waals surface area contributed by atoms with Crippen LogP contribution >= 0.6 is 0 Å². The van der Waals surface area contributed by atoms with Gasteiger partial charge in [-0.1, -0.05) is 13.8 Å². The Kier molecular flexibility index (Phi) is 5.47. The minimum absolute atomic E-state index is 0.0260. The molecule has 1 fully saturated rings. The predicted molar refractivity (Wildman–Crippen MR) is 64.3 cm³/mol. The largest absolute Gasteiger partial charge is 0.356 e. The van der Waals surface area contributed by atoms with Crippen molar-refractivity contribution in [2.75, 3.05) is 6.54 Å². The van der Waals surface area contributed by atoms with Crippen LogP contribution in [-0.4, -0.2) is 35.3 Å². The fraction of sp³-hybridized carbons (Fsp3) is 0.667. The molecule has 106 valence electrons. The molecule has 0 aromatic rings. The molecule has 1 N–H and O–H groups in total. The van der Waals surface area contributed by atoms with E-state index in [2.05, 4.69) is 10.2 Å². The number of hydrogen-bond acceptors (Lipinski definition) is 5. The summed E-state index contributed by atoms with van der Waals surface area (Å²) < 4.78 is 0. The van der Waals surface area contributed by atoms with Gasteiger partial charge in [0, 0.05) is 25.8 Å². The summed E-state index contributed by atoms with van der Waals surface area (Å²) in [6, 6.07) is 0. The van der Waals surface area contributed by atoms with Gasteiger partial charge in [0.2, 0.25) is 5.91 Å². The SMILES string of the molecule is CC(C)CNC(=O)CCC(=O)ON1C(=O)CCC1=O. The molecule has 1 rings (SSSR count). The molecule has 0 spiro atoms. The molecule has 0 unspecified atom stereocenters. The normalized spacial score (nSPS) is 15.0. The van der Waals surface area contributed by atoms with E-state index in [0.29, 0.717) is 17.5 Å². The fourth-order valence-corrected chi connectivity index (χ4v) is 1.43. The Labute approximate surface area is 111 Å². The zero-order valence-corrected chi connectivity index (χ0v) is 11.1. The number of carbonyl (C=O) groups excluding carboxylic acids is 4. The zero-order valence-electron chi connectivity index (χ0n) is 11.1. The number of rotatable bonds is 6. The molecule has 7 heteroatoms. The topological polar surface area (TPSA) is 92.8 Å². The van der Waals surface area contributed by atoms with Gasteiger partial charge in [-0.3, -0.25) is 14.4 Å². The van der Waals surface area contributed by atoms with Gasteiger partial charge in [-0.05, 0) is 5.92 Å². The van der Waals surface area contributed by atoms with E-state index in [4.69, 9.17) is 0 Å². The van der Waals surface area contributed by atoms with E-state index in [-0.39, 0.29) is 31.6 Å². The van der Waals surface area contributed by atoms with Gasteiger partial charge in [0.15, 0.2) is 0 Å². The number of hydrogen-bond donors (Lipinski definition) is 1. The highest BCUT2D eigenvalue weighted by molar-refractivity contribution is 6.01. The molecule has 0 radical (unpaired) electrons. The summed E-state index contributed by atoms with van der Waals surface area (Å²) in [6.07, 6.45) is -0.0786. The van der Waals surface area contributed by atoms with E-state index < -0.39 is 17.8 Å². The van der Waals surface area contributed by atoms with E-state index in [0.717, 1.165) is 0 Å². The van der Waals surface area contributed by atoms with Gasteiger partial charge < -0.3 is 10.2 Å². The molecular formula is C12H18N2O5. The lowest BCUT2D eigenvalue weighted by Crippen LogP contribution is -2.33. The third-order valence-electron chi connectivity index (χ3n) is 2.46. The van der Waals surface area contributed by atoms with Crippen molar-refractivity contribution in [2.45, 2.75) is 39.5 Å². The Hall–Kier alpha value is -1.92. The van der Waals surface area contributed by atoms with Gasteiger partial charge in [0.05, 0.1) is 6.42 Å². The second kappa shape index (κ2) is 6.86. The third kappa shape index (κ3) is 5.07. The Morgan fingerprint density at radius 3 is 2.32 bits per heavy atom. The maximum absolute atomic E-state index is 11.4. The van der Waals surface area contributed by atoms with Crippen molar-refractivity contribution in [1.29, 1.82) is 0 Å². The number of imide groups is 1. The lowest BCUT2D eigenvalue weighted by molar-refractivity contribution is -0.197. The van der Waals surface area contributed by atoms with Crippen molar-refractivity contribution in [2.24, 2.45) is 5.92 Å². The van der Waals surface area contributed by atoms with Crippen molar-refractivity contribution < 1.29 is 24.0 Å². The summed E-state index contributed by atoms with van der Waals surface area (Å²) >= 11 is 0. The van der Waals surface area contributed by atoms with E-state index in [1.54, 1.807) is 0 Å². The molecule has 1 heterocycles. The second-order valence-corrected chi connectivity index (χ2v) is 4.74. The van der Waals surface area contributed by atoms with Crippen molar-refractivity contribution in [3.8, 4) is 0 Å². The van der Waals surface area contributed by atoms with Crippen LogP contribution in [0.5, 0.6) is 0 Å². The first-order valence-electron chi connectivity index (χ1n) is 6.23. The van der Waals surface area contributed by atoms with Gasteiger partial charge in [0.25, 0.3) is 11.8 Å². The smallest absolute Gasteiger partial charge is 0.333 e. The maximum Gasteiger partial charge on any atom is 0.333 e. The molecule has 7 nitrogen and oxygen atoms in total. The van der Waals surface area contributed by atoms with E-state index in [1.807, 2.05) is 13.8 Å². The highest BCUT2D eigenvalue weighted by Gasteiger charge is 2.32. The Balaban J connectivity index is 2.26. The monoisotopic (exact) mass is 270 g/mol. The number of carbonyl (C=O) groups is 4. The first-order chi connectivity index (χ1) is 8.90. The molecule has 0 aliphatic carbocycles. The molecule has 19 heavy (non-hydrogen) atoms. The molecule has 0 aromatic heterocycles. The van der Waals surface area contributed by atoms with Crippen LogP contribution < -0.4 is 5.32 Å². The van der Waals surface area contributed by atoms with Crippen molar-refractivity contribution in [3.63, 3.8) is 0 Å². The predicted octanol–water partition coefficient (Wildman–Crippen LogP) is 0.146. The van der Waals surface area contributed by atoms with Crippen molar-refractivity contribution in [3.05, 3.63) is 0 Å². The lowest BCUT2D eigenvalue weighted by Gasteiger charge is -2.12. The minimum Gasteiger partial charge on any atom is -0.356 e. The van der Waals surface area contributed by atoms with E-state index in [9.17, 15) is 19.2 Å². The first-order valence-corrected chi connectivity index (χ1v) is 6.23. The lowest BCUT2D eigenvalue weighted by atomic mass is 10.2. The van der Waals surface area contributed by atoms with Gasteiger partial charge in [-0.15, -0.1) is 5.06 Å². The zero-order chi connectivity index (χ0) is 14.4. The van der Waals surface area contributed by atoms with Crippen LogP contribution in [0.2, 0.25) is 0 Å². The summed E-state index contributed by atoms with van der Waals surface area (Å²) in [7, 11) is 0. The van der Waals surface area contributed by atoms with Crippen LogP contribution in [-0.2, 0) is 24.0 Å². The van der Waals surface area contributed by atoms with Gasteiger partial charge in [-0.2, -0.15) is 0 Å².